The molecule has 0 aromatic heterocycles. The minimum absolute atomic E-state index is 0.354. The number of halogens is 1. The molecule has 0 bridgehead atoms. The van der Waals surface area contributed by atoms with Gasteiger partial charge in [0.1, 0.15) is 11.5 Å². The van der Waals surface area contributed by atoms with E-state index in [0.717, 1.165) is 0 Å². The lowest BCUT2D eigenvalue weighted by Crippen LogP contribution is -2.23. The van der Waals surface area contributed by atoms with Crippen molar-refractivity contribution in [3.8, 4) is 5.75 Å². The van der Waals surface area contributed by atoms with E-state index in [-0.39, 0.29) is 0 Å². The Bertz CT molecular complexity index is 549. The lowest BCUT2D eigenvalue weighted by Gasteiger charge is -2.08. The molecule has 0 spiro atoms. The maximum Gasteiger partial charge on any atom is 0.177 e. The second-order valence-corrected chi connectivity index (χ2v) is 7.54. The second-order valence-electron chi connectivity index (χ2n) is 4.13. The van der Waals surface area contributed by atoms with Crippen LogP contribution in [0.3, 0.4) is 0 Å². The van der Waals surface area contributed by atoms with E-state index < -0.39 is 26.6 Å². The minimum Gasteiger partial charge on any atom is -0.496 e. The first-order chi connectivity index (χ1) is 8.27. The van der Waals surface area contributed by atoms with Gasteiger partial charge in [-0.15, -0.1) is 0 Å². The van der Waals surface area contributed by atoms with E-state index in [4.69, 9.17) is 4.74 Å². The number of ether oxygens (including phenoxy) is 1. The molecule has 0 atom stereocenters. The summed E-state index contributed by atoms with van der Waals surface area (Å²) >= 11 is 3.26. The van der Waals surface area contributed by atoms with E-state index in [1.54, 1.807) is 32.0 Å². The van der Waals surface area contributed by atoms with Gasteiger partial charge in [-0.1, -0.05) is 0 Å². The van der Waals surface area contributed by atoms with Crippen LogP contribution in [-0.4, -0.2) is 32.3 Å². The van der Waals surface area contributed by atoms with Crippen molar-refractivity contribution in [2.45, 2.75) is 19.1 Å². The average molecular weight is 335 g/mol. The normalized spacial score (nSPS) is 11.6. The topological polar surface area (TPSA) is 60.4 Å². The summed E-state index contributed by atoms with van der Waals surface area (Å²) < 4.78 is 29.0. The first-order valence-corrected chi connectivity index (χ1v) is 7.87. The number of sulfone groups is 1. The quantitative estimate of drug-likeness (QED) is 0.776. The maximum absolute atomic E-state index is 11.9. The summed E-state index contributed by atoms with van der Waals surface area (Å²) in [5, 5.41) is -0.553. The Labute approximate surface area is 115 Å². The van der Waals surface area contributed by atoms with E-state index in [1.165, 1.54) is 7.11 Å². The monoisotopic (exact) mass is 334 g/mol. The molecule has 6 heteroatoms. The first-order valence-electron chi connectivity index (χ1n) is 5.36. The van der Waals surface area contributed by atoms with Gasteiger partial charge < -0.3 is 4.74 Å². The number of carbonyl (C=O) groups excluding carboxylic acids is 1. The van der Waals surface area contributed by atoms with Crippen molar-refractivity contribution >= 4 is 31.6 Å². The predicted molar refractivity (Wildman–Crippen MR) is 73.9 cm³/mol. The van der Waals surface area contributed by atoms with E-state index in [9.17, 15) is 13.2 Å². The molecule has 0 aliphatic carbocycles. The Morgan fingerprint density at radius 1 is 1.39 bits per heavy atom. The highest BCUT2D eigenvalue weighted by molar-refractivity contribution is 9.10. The van der Waals surface area contributed by atoms with E-state index in [1.807, 2.05) is 0 Å². The van der Waals surface area contributed by atoms with Crippen LogP contribution in [0.1, 0.15) is 24.2 Å². The van der Waals surface area contributed by atoms with E-state index >= 15 is 0 Å². The fourth-order valence-electron chi connectivity index (χ4n) is 1.27. The minimum atomic E-state index is -3.37. The summed E-state index contributed by atoms with van der Waals surface area (Å²) in [4.78, 5) is 11.9. The number of methoxy groups -OCH3 is 1. The van der Waals surface area contributed by atoms with Crippen LogP contribution in [0.15, 0.2) is 22.7 Å². The van der Waals surface area contributed by atoms with Gasteiger partial charge in [0.05, 0.1) is 16.8 Å². The fraction of sp³-hybridized carbons (Fsp3) is 0.417. The molecule has 0 aliphatic heterocycles. The van der Waals surface area contributed by atoms with Gasteiger partial charge in [0.2, 0.25) is 0 Å². The molecule has 18 heavy (non-hydrogen) atoms. The van der Waals surface area contributed by atoms with Gasteiger partial charge in [-0.25, -0.2) is 8.42 Å². The molecule has 1 aromatic rings. The van der Waals surface area contributed by atoms with Gasteiger partial charge in [-0.2, -0.15) is 0 Å². The number of rotatable bonds is 5. The molecular formula is C12H15BrO4S. The van der Waals surface area contributed by atoms with Gasteiger partial charge in [-0.3, -0.25) is 4.79 Å². The summed E-state index contributed by atoms with van der Waals surface area (Å²) in [6, 6.07) is 4.75. The molecular weight excluding hydrogens is 320 g/mol. The van der Waals surface area contributed by atoms with Crippen molar-refractivity contribution in [1.29, 1.82) is 0 Å². The third kappa shape index (κ3) is 3.55. The summed E-state index contributed by atoms with van der Waals surface area (Å²) in [6.07, 6.45) is 0. The summed E-state index contributed by atoms with van der Waals surface area (Å²) in [6.45, 7) is 3.12. The van der Waals surface area contributed by atoms with Crippen LogP contribution in [0.25, 0.3) is 0 Å². The molecule has 1 aromatic carbocycles. The molecule has 4 nitrogen and oxygen atoms in total. The zero-order valence-corrected chi connectivity index (χ0v) is 12.8. The van der Waals surface area contributed by atoms with Crippen LogP contribution in [0.2, 0.25) is 0 Å². The summed E-state index contributed by atoms with van der Waals surface area (Å²) in [7, 11) is -1.85. The van der Waals surface area contributed by atoms with Crippen LogP contribution >= 0.6 is 15.9 Å². The number of hydrogen-bond acceptors (Lipinski definition) is 4. The first kappa shape index (κ1) is 15.2. The third-order valence-electron chi connectivity index (χ3n) is 2.52. The second kappa shape index (κ2) is 5.84. The number of ketones is 1. The number of hydrogen-bond donors (Lipinski definition) is 0. The SMILES string of the molecule is COc1ccc(C(=O)CS(=O)(=O)C(C)C)cc1Br. The van der Waals surface area contributed by atoms with Crippen molar-refractivity contribution in [2.75, 3.05) is 12.9 Å². The highest BCUT2D eigenvalue weighted by Crippen LogP contribution is 2.25. The lowest BCUT2D eigenvalue weighted by molar-refractivity contribution is 0.102. The molecule has 0 fully saturated rings. The van der Waals surface area contributed by atoms with Crippen LogP contribution < -0.4 is 4.74 Å². The molecule has 0 unspecified atom stereocenters. The molecule has 0 heterocycles. The van der Waals surface area contributed by atoms with Gasteiger partial charge in [0.15, 0.2) is 15.6 Å². The van der Waals surface area contributed by atoms with Crippen LogP contribution in [-0.2, 0) is 9.84 Å². The van der Waals surface area contributed by atoms with Gasteiger partial charge in [0, 0.05) is 5.56 Å². The Hall–Kier alpha value is -0.880. The van der Waals surface area contributed by atoms with Gasteiger partial charge in [-0.05, 0) is 48.0 Å². The summed E-state index contributed by atoms with van der Waals surface area (Å²) in [5.74, 6) is -0.283. The molecule has 0 radical (unpaired) electrons. The largest absolute Gasteiger partial charge is 0.496 e. The van der Waals surface area contributed by atoms with Crippen molar-refractivity contribution in [3.63, 3.8) is 0 Å². The zero-order valence-electron chi connectivity index (χ0n) is 10.4. The Balaban J connectivity index is 2.96. The average Bonchev–Trinajstić information content (AvgIpc) is 2.28. The fourth-order valence-corrected chi connectivity index (χ4v) is 2.68. The Morgan fingerprint density at radius 2 is 2.00 bits per heavy atom. The smallest absolute Gasteiger partial charge is 0.177 e. The van der Waals surface area contributed by atoms with Crippen LogP contribution in [0.4, 0.5) is 0 Å². The molecule has 0 N–H and O–H groups in total. The van der Waals surface area contributed by atoms with Gasteiger partial charge >= 0.3 is 0 Å². The third-order valence-corrected chi connectivity index (χ3v) is 5.25. The molecule has 0 saturated heterocycles. The van der Waals surface area contributed by atoms with Crippen LogP contribution in [0.5, 0.6) is 5.75 Å². The molecule has 1 rings (SSSR count). The standard InChI is InChI=1S/C12H15BrO4S/c1-8(2)18(15,16)7-11(14)9-4-5-12(17-3)10(13)6-9/h4-6,8H,7H2,1-3H3. The number of carbonyl (C=O) groups is 1. The predicted octanol–water partition coefficient (Wildman–Crippen LogP) is 2.46. The van der Waals surface area contributed by atoms with Crippen LogP contribution in [0, 0.1) is 0 Å². The van der Waals surface area contributed by atoms with Crippen molar-refractivity contribution < 1.29 is 17.9 Å². The van der Waals surface area contributed by atoms with Crippen molar-refractivity contribution in [2.24, 2.45) is 0 Å². The van der Waals surface area contributed by atoms with E-state index in [2.05, 4.69) is 15.9 Å². The molecule has 0 aliphatic rings. The maximum atomic E-state index is 11.9. The lowest BCUT2D eigenvalue weighted by atomic mass is 10.1. The molecule has 0 saturated carbocycles. The van der Waals surface area contributed by atoms with E-state index in [0.29, 0.717) is 15.8 Å². The number of Topliss-reactive ketones (excluding diaryl/α,β-unsaturated/α-hetero) is 1. The highest BCUT2D eigenvalue weighted by atomic mass is 79.9. The zero-order chi connectivity index (χ0) is 13.9. The summed E-state index contributed by atoms with van der Waals surface area (Å²) in [5.41, 5.74) is 0.354. The number of benzene rings is 1. The van der Waals surface area contributed by atoms with Crippen molar-refractivity contribution in [1.82, 2.24) is 0 Å². The molecule has 100 valence electrons. The van der Waals surface area contributed by atoms with Gasteiger partial charge in [0.25, 0.3) is 0 Å². The highest BCUT2D eigenvalue weighted by Gasteiger charge is 2.21. The Kier molecular flexibility index (Phi) is 4.92. The van der Waals surface area contributed by atoms with Crippen molar-refractivity contribution in [3.05, 3.63) is 28.2 Å². The Morgan fingerprint density at radius 3 is 2.44 bits per heavy atom. The molecule has 0 amide bonds.